The normalized spacial score (nSPS) is 14.6. The van der Waals surface area contributed by atoms with Crippen LogP contribution < -0.4 is 4.31 Å². The molecule has 138 valence electrons. The molecule has 27 heavy (non-hydrogen) atoms. The number of rotatable bonds is 2. The Morgan fingerprint density at radius 1 is 1.19 bits per heavy atom. The van der Waals surface area contributed by atoms with Crippen molar-refractivity contribution in [1.82, 2.24) is 0 Å². The van der Waals surface area contributed by atoms with E-state index < -0.39 is 10.0 Å². The molecule has 7 heteroatoms. The van der Waals surface area contributed by atoms with E-state index in [0.29, 0.717) is 40.1 Å². The van der Waals surface area contributed by atoms with E-state index in [-0.39, 0.29) is 5.82 Å². The fraction of sp³-hybridized carbons (Fsp3) is 0.250. The predicted molar refractivity (Wildman–Crippen MR) is 101 cm³/mol. The maximum Gasteiger partial charge on any atom is 0.232 e. The quantitative estimate of drug-likeness (QED) is 0.663. The van der Waals surface area contributed by atoms with Crippen molar-refractivity contribution in [3.63, 3.8) is 0 Å². The van der Waals surface area contributed by atoms with Gasteiger partial charge in [0.1, 0.15) is 23.0 Å². The average molecular weight is 384 g/mol. The lowest BCUT2D eigenvalue weighted by Gasteiger charge is -2.22. The van der Waals surface area contributed by atoms with Gasteiger partial charge in [-0.15, -0.1) is 0 Å². The van der Waals surface area contributed by atoms with Crippen molar-refractivity contribution in [3.8, 4) is 17.4 Å². The lowest BCUT2D eigenvalue weighted by molar-refractivity contribution is 0.595. The summed E-state index contributed by atoms with van der Waals surface area (Å²) in [4.78, 5) is 0. The van der Waals surface area contributed by atoms with Gasteiger partial charge in [0.2, 0.25) is 10.0 Å². The van der Waals surface area contributed by atoms with Gasteiger partial charge in [-0.1, -0.05) is 0 Å². The van der Waals surface area contributed by atoms with Crippen LogP contribution in [0.15, 0.2) is 40.8 Å². The van der Waals surface area contributed by atoms with Gasteiger partial charge in [0.05, 0.1) is 11.9 Å². The highest BCUT2D eigenvalue weighted by Gasteiger charge is 2.25. The number of nitriles is 1. The van der Waals surface area contributed by atoms with Crippen LogP contribution in [-0.4, -0.2) is 21.2 Å². The second-order valence-corrected chi connectivity index (χ2v) is 8.60. The topological polar surface area (TPSA) is 74.3 Å². The standard InChI is InChI=1S/C20H17FN2O3S/c1-27(24,25)23-9-3-2-4-14-10-16-17(12-22)20(26-19(16)11-18(14)23)13-5-7-15(21)8-6-13/h5-8,10-11H,2-4,9H2,1H3. The van der Waals surface area contributed by atoms with E-state index in [2.05, 4.69) is 6.07 Å². The van der Waals surface area contributed by atoms with Gasteiger partial charge < -0.3 is 4.42 Å². The molecule has 1 aliphatic heterocycles. The van der Waals surface area contributed by atoms with Gasteiger partial charge in [-0.3, -0.25) is 4.31 Å². The van der Waals surface area contributed by atoms with Crippen molar-refractivity contribution >= 4 is 26.7 Å². The number of nitrogens with zero attached hydrogens (tertiary/aromatic N) is 2. The summed E-state index contributed by atoms with van der Waals surface area (Å²) < 4.78 is 45.0. The van der Waals surface area contributed by atoms with E-state index in [1.54, 1.807) is 18.2 Å². The lowest BCUT2D eigenvalue weighted by Crippen LogP contribution is -2.30. The van der Waals surface area contributed by atoms with Gasteiger partial charge in [-0.05, 0) is 55.2 Å². The molecule has 0 unspecified atom stereocenters. The van der Waals surface area contributed by atoms with E-state index in [4.69, 9.17) is 4.42 Å². The van der Waals surface area contributed by atoms with E-state index in [0.717, 1.165) is 24.8 Å². The Morgan fingerprint density at radius 2 is 1.93 bits per heavy atom. The minimum absolute atomic E-state index is 0.360. The third kappa shape index (κ3) is 3.06. The highest BCUT2D eigenvalue weighted by Crippen LogP contribution is 2.39. The second-order valence-electron chi connectivity index (χ2n) is 6.69. The predicted octanol–water partition coefficient (Wildman–Crippen LogP) is 4.21. The Hall–Kier alpha value is -2.85. The van der Waals surface area contributed by atoms with E-state index >= 15 is 0 Å². The first-order valence-corrected chi connectivity index (χ1v) is 10.5. The highest BCUT2D eigenvalue weighted by molar-refractivity contribution is 7.92. The molecule has 3 aromatic rings. The molecular weight excluding hydrogens is 367 g/mol. The fourth-order valence-electron chi connectivity index (χ4n) is 3.56. The van der Waals surface area contributed by atoms with Crippen LogP contribution in [0.3, 0.4) is 0 Å². The van der Waals surface area contributed by atoms with Crippen molar-refractivity contribution in [3.05, 3.63) is 53.3 Å². The summed E-state index contributed by atoms with van der Waals surface area (Å²) in [6.45, 7) is 0.425. The molecule has 2 heterocycles. The van der Waals surface area contributed by atoms with Crippen LogP contribution in [0.1, 0.15) is 24.0 Å². The molecule has 0 atom stereocenters. The summed E-state index contributed by atoms with van der Waals surface area (Å²) in [7, 11) is -3.41. The Balaban J connectivity index is 1.96. The molecule has 0 aliphatic carbocycles. The first-order chi connectivity index (χ1) is 12.9. The van der Waals surface area contributed by atoms with Gasteiger partial charge >= 0.3 is 0 Å². The van der Waals surface area contributed by atoms with Crippen molar-refractivity contribution in [2.75, 3.05) is 17.1 Å². The van der Waals surface area contributed by atoms with Crippen LogP contribution in [0, 0.1) is 17.1 Å². The van der Waals surface area contributed by atoms with Crippen LogP contribution in [0.4, 0.5) is 10.1 Å². The summed E-state index contributed by atoms with van der Waals surface area (Å²) in [5, 5.41) is 10.3. The van der Waals surface area contributed by atoms with Crippen LogP contribution in [-0.2, 0) is 16.4 Å². The summed E-state index contributed by atoms with van der Waals surface area (Å²) in [6, 6.07) is 11.5. The fourth-order valence-corrected chi connectivity index (χ4v) is 4.55. The second kappa shape index (κ2) is 6.39. The number of sulfonamides is 1. The maximum atomic E-state index is 13.2. The Morgan fingerprint density at radius 3 is 2.59 bits per heavy atom. The average Bonchev–Trinajstić information content (AvgIpc) is 2.83. The Labute approximate surface area is 156 Å². The first kappa shape index (κ1) is 17.6. The zero-order chi connectivity index (χ0) is 19.2. The molecule has 0 radical (unpaired) electrons. The van der Waals surface area contributed by atoms with Gasteiger partial charge in [-0.2, -0.15) is 5.26 Å². The number of furan rings is 1. The smallest absolute Gasteiger partial charge is 0.232 e. The lowest BCUT2D eigenvalue weighted by atomic mass is 10.0. The molecule has 0 fully saturated rings. The van der Waals surface area contributed by atoms with Crippen molar-refractivity contribution in [1.29, 1.82) is 5.26 Å². The molecule has 4 rings (SSSR count). The molecular formula is C20H17FN2O3S. The van der Waals surface area contributed by atoms with Crippen LogP contribution >= 0.6 is 0 Å². The van der Waals surface area contributed by atoms with E-state index in [1.165, 1.54) is 22.7 Å². The zero-order valence-corrected chi connectivity index (χ0v) is 15.5. The molecule has 0 saturated heterocycles. The maximum absolute atomic E-state index is 13.2. The van der Waals surface area contributed by atoms with Crippen LogP contribution in [0.2, 0.25) is 0 Å². The van der Waals surface area contributed by atoms with E-state index in [1.807, 2.05) is 6.07 Å². The number of anilines is 1. The van der Waals surface area contributed by atoms with Gasteiger partial charge in [0, 0.05) is 23.6 Å². The van der Waals surface area contributed by atoms with Crippen molar-refractivity contribution in [2.45, 2.75) is 19.3 Å². The summed E-state index contributed by atoms with van der Waals surface area (Å²) in [5.41, 5.74) is 2.90. The molecule has 5 nitrogen and oxygen atoms in total. The van der Waals surface area contributed by atoms with Crippen LogP contribution in [0.25, 0.3) is 22.3 Å². The molecule has 0 amide bonds. The van der Waals surface area contributed by atoms with Crippen molar-refractivity contribution in [2.24, 2.45) is 0 Å². The number of hydrogen-bond acceptors (Lipinski definition) is 4. The SMILES string of the molecule is CS(=O)(=O)N1CCCCc2cc3c(C#N)c(-c4ccc(F)cc4)oc3cc21. The molecule has 0 saturated carbocycles. The molecule has 1 aliphatic rings. The third-order valence-corrected chi connectivity index (χ3v) is 6.01. The molecule has 2 aromatic carbocycles. The van der Waals surface area contributed by atoms with Crippen LogP contribution in [0.5, 0.6) is 0 Å². The zero-order valence-electron chi connectivity index (χ0n) is 14.7. The molecule has 0 spiro atoms. The Bertz CT molecular complexity index is 1170. The van der Waals surface area contributed by atoms with Gasteiger partial charge in [0.15, 0.2) is 5.76 Å². The molecule has 0 bridgehead atoms. The molecule has 0 N–H and O–H groups in total. The molecule has 1 aromatic heterocycles. The summed E-state index contributed by atoms with van der Waals surface area (Å²) in [6.07, 6.45) is 3.57. The monoisotopic (exact) mass is 384 g/mol. The minimum atomic E-state index is -3.41. The summed E-state index contributed by atoms with van der Waals surface area (Å²) in [5.74, 6) is -0.0116. The number of benzene rings is 2. The Kier molecular flexibility index (Phi) is 4.16. The number of fused-ring (bicyclic) bond motifs is 2. The van der Waals surface area contributed by atoms with Crippen molar-refractivity contribution < 1.29 is 17.2 Å². The third-order valence-electron chi connectivity index (χ3n) is 4.83. The largest absolute Gasteiger partial charge is 0.455 e. The highest BCUT2D eigenvalue weighted by atomic mass is 32.2. The summed E-state index contributed by atoms with van der Waals surface area (Å²) >= 11 is 0. The number of halogens is 1. The number of hydrogen-bond donors (Lipinski definition) is 0. The van der Waals surface area contributed by atoms with E-state index in [9.17, 15) is 18.1 Å². The minimum Gasteiger partial charge on any atom is -0.455 e. The number of aryl methyl sites for hydroxylation is 1. The van der Waals surface area contributed by atoms with Gasteiger partial charge in [0.25, 0.3) is 0 Å². The first-order valence-electron chi connectivity index (χ1n) is 8.61. The van der Waals surface area contributed by atoms with Gasteiger partial charge in [-0.25, -0.2) is 12.8 Å².